The van der Waals surface area contributed by atoms with Crippen molar-refractivity contribution in [1.82, 2.24) is 5.32 Å². The number of rotatable bonds is 5. The maximum absolute atomic E-state index is 10.7. The molecule has 0 aromatic heterocycles. The van der Waals surface area contributed by atoms with Crippen molar-refractivity contribution in [2.45, 2.75) is 34.1 Å². The average molecular weight is 191 g/mol. The molecule has 0 unspecified atom stereocenters. The van der Waals surface area contributed by atoms with E-state index < -0.39 is 0 Å². The summed E-state index contributed by atoms with van der Waals surface area (Å²) in [6.45, 7) is 8.79. The minimum absolute atomic E-state index is 0.150. The molecule has 0 aromatic rings. The fourth-order valence-corrected chi connectivity index (χ4v) is 1.07. The van der Waals surface area contributed by atoms with Gasteiger partial charge in [0.25, 0.3) is 0 Å². The van der Waals surface area contributed by atoms with Crippen molar-refractivity contribution in [1.29, 1.82) is 0 Å². The lowest BCUT2D eigenvalue weighted by Gasteiger charge is -2.00. The normalized spacial score (nSPS) is 8.33. The Bertz CT molecular complexity index is 96.5. The van der Waals surface area contributed by atoms with Crippen LogP contribution in [0.15, 0.2) is 0 Å². The molecule has 0 radical (unpaired) electrons. The molecule has 1 N–H and O–H groups in total. The van der Waals surface area contributed by atoms with Crippen molar-refractivity contribution >= 4 is 17.7 Å². The molecule has 2 nitrogen and oxygen atoms in total. The Morgan fingerprint density at radius 1 is 1.33 bits per heavy atom. The van der Waals surface area contributed by atoms with Crippen LogP contribution in [-0.2, 0) is 4.79 Å². The minimum atomic E-state index is 0.150. The third-order valence-corrected chi connectivity index (χ3v) is 1.99. The zero-order chi connectivity index (χ0) is 9.82. The van der Waals surface area contributed by atoms with E-state index in [0.717, 1.165) is 18.1 Å². The summed E-state index contributed by atoms with van der Waals surface area (Å²) in [5.74, 6) is 2.31. The van der Waals surface area contributed by atoms with Gasteiger partial charge in [-0.15, -0.1) is 0 Å². The third kappa shape index (κ3) is 12.5. The minimum Gasteiger partial charge on any atom is -0.355 e. The van der Waals surface area contributed by atoms with Gasteiger partial charge in [-0.1, -0.05) is 27.7 Å². The van der Waals surface area contributed by atoms with E-state index in [4.69, 9.17) is 0 Å². The summed E-state index contributed by atoms with van der Waals surface area (Å²) in [6.07, 6.45) is 0.594. The highest BCUT2D eigenvalue weighted by Crippen LogP contribution is 1.94. The van der Waals surface area contributed by atoms with E-state index in [1.54, 1.807) is 0 Å². The van der Waals surface area contributed by atoms with E-state index in [-0.39, 0.29) is 5.91 Å². The van der Waals surface area contributed by atoms with Gasteiger partial charge >= 0.3 is 0 Å². The number of thioether (sulfide) groups is 1. The maximum Gasteiger partial charge on any atom is 0.219 e. The summed E-state index contributed by atoms with van der Waals surface area (Å²) >= 11 is 1.85. The van der Waals surface area contributed by atoms with Gasteiger partial charge in [-0.2, -0.15) is 11.8 Å². The Hall–Kier alpha value is -0.180. The lowest BCUT2D eigenvalue weighted by Crippen LogP contribution is -2.24. The van der Waals surface area contributed by atoms with Crippen molar-refractivity contribution in [2.24, 2.45) is 0 Å². The van der Waals surface area contributed by atoms with Crippen LogP contribution in [0.2, 0.25) is 0 Å². The number of hydrogen-bond acceptors (Lipinski definition) is 2. The molecule has 0 aliphatic heterocycles. The molecule has 0 aliphatic rings. The Morgan fingerprint density at radius 2 is 1.92 bits per heavy atom. The summed E-state index contributed by atoms with van der Waals surface area (Å²) in [6, 6.07) is 0. The first kappa shape index (κ1) is 14.3. The number of amides is 1. The zero-order valence-electron chi connectivity index (χ0n) is 8.64. The first-order chi connectivity index (χ1) is 5.81. The molecule has 0 aromatic carbocycles. The van der Waals surface area contributed by atoms with Crippen LogP contribution in [0.25, 0.3) is 0 Å². The second-order valence-corrected chi connectivity index (χ2v) is 3.29. The maximum atomic E-state index is 10.7. The summed E-state index contributed by atoms with van der Waals surface area (Å²) in [5.41, 5.74) is 0. The van der Waals surface area contributed by atoms with Crippen LogP contribution in [0.1, 0.15) is 34.1 Å². The summed E-state index contributed by atoms with van der Waals surface area (Å²) < 4.78 is 0. The van der Waals surface area contributed by atoms with Gasteiger partial charge in [0.15, 0.2) is 0 Å². The van der Waals surface area contributed by atoms with Crippen molar-refractivity contribution in [2.75, 3.05) is 18.1 Å². The molecule has 0 bridgehead atoms. The summed E-state index contributed by atoms with van der Waals surface area (Å²) in [5, 5.41) is 2.81. The molecule has 0 heterocycles. The highest BCUT2D eigenvalue weighted by molar-refractivity contribution is 7.99. The van der Waals surface area contributed by atoms with E-state index in [0.29, 0.717) is 6.42 Å². The van der Waals surface area contributed by atoms with E-state index in [1.165, 1.54) is 0 Å². The van der Waals surface area contributed by atoms with Gasteiger partial charge in [-0.3, -0.25) is 4.79 Å². The lowest BCUT2D eigenvalue weighted by atomic mass is 10.4. The van der Waals surface area contributed by atoms with Crippen LogP contribution in [0, 0.1) is 0 Å². The Kier molecular flexibility index (Phi) is 16.0. The topological polar surface area (TPSA) is 29.1 Å². The van der Waals surface area contributed by atoms with Gasteiger partial charge < -0.3 is 5.32 Å². The zero-order valence-corrected chi connectivity index (χ0v) is 9.46. The molecule has 0 saturated carbocycles. The number of carbonyl (C=O) groups excluding carboxylic acids is 1. The fraction of sp³-hybridized carbons (Fsp3) is 0.889. The Balaban J connectivity index is 0. The van der Waals surface area contributed by atoms with Crippen molar-refractivity contribution in [3.05, 3.63) is 0 Å². The first-order valence-corrected chi connectivity index (χ1v) is 5.81. The lowest BCUT2D eigenvalue weighted by molar-refractivity contribution is -0.120. The molecule has 0 atom stereocenters. The van der Waals surface area contributed by atoms with E-state index in [1.807, 2.05) is 32.5 Å². The molecule has 0 aliphatic carbocycles. The standard InChI is InChI=1S/C7H15NOS.C2H6/c1-3-7(9)8-5-6-10-4-2;1-2/h3-6H2,1-2H3,(H,8,9);1-2H3. The quantitative estimate of drug-likeness (QED) is 0.676. The van der Waals surface area contributed by atoms with Crippen LogP contribution in [0.4, 0.5) is 0 Å². The second-order valence-electron chi connectivity index (χ2n) is 1.90. The van der Waals surface area contributed by atoms with Crippen LogP contribution in [0.5, 0.6) is 0 Å². The molecule has 74 valence electrons. The van der Waals surface area contributed by atoms with Gasteiger partial charge in [-0.05, 0) is 5.75 Å². The molecule has 0 rings (SSSR count). The fourth-order valence-electron chi connectivity index (χ4n) is 0.532. The SMILES string of the molecule is CC.CCSCCNC(=O)CC. The number of nitrogens with one attached hydrogen (secondary N) is 1. The molecule has 0 fully saturated rings. The van der Waals surface area contributed by atoms with E-state index in [2.05, 4.69) is 12.2 Å². The Labute approximate surface area is 80.5 Å². The molecule has 0 saturated heterocycles. The summed E-state index contributed by atoms with van der Waals surface area (Å²) in [7, 11) is 0. The molecular weight excluding hydrogens is 170 g/mol. The first-order valence-electron chi connectivity index (χ1n) is 4.65. The molecule has 12 heavy (non-hydrogen) atoms. The Morgan fingerprint density at radius 3 is 2.33 bits per heavy atom. The smallest absolute Gasteiger partial charge is 0.219 e. The van der Waals surface area contributed by atoms with Crippen LogP contribution in [-0.4, -0.2) is 24.0 Å². The summed E-state index contributed by atoms with van der Waals surface area (Å²) in [4.78, 5) is 10.7. The number of carbonyl (C=O) groups is 1. The van der Waals surface area contributed by atoms with Gasteiger partial charge in [-0.25, -0.2) is 0 Å². The van der Waals surface area contributed by atoms with Crippen LogP contribution in [0.3, 0.4) is 0 Å². The molecular formula is C9H21NOS. The van der Waals surface area contributed by atoms with E-state index >= 15 is 0 Å². The van der Waals surface area contributed by atoms with Gasteiger partial charge in [0, 0.05) is 18.7 Å². The molecule has 1 amide bonds. The van der Waals surface area contributed by atoms with Gasteiger partial charge in [0.1, 0.15) is 0 Å². The van der Waals surface area contributed by atoms with Gasteiger partial charge in [0.2, 0.25) is 5.91 Å². The van der Waals surface area contributed by atoms with E-state index in [9.17, 15) is 4.79 Å². The van der Waals surface area contributed by atoms with Crippen LogP contribution >= 0.6 is 11.8 Å². The highest BCUT2D eigenvalue weighted by Gasteiger charge is 1.93. The van der Waals surface area contributed by atoms with Crippen molar-refractivity contribution < 1.29 is 4.79 Å². The predicted molar refractivity (Wildman–Crippen MR) is 57.6 cm³/mol. The van der Waals surface area contributed by atoms with Crippen molar-refractivity contribution in [3.8, 4) is 0 Å². The van der Waals surface area contributed by atoms with Crippen LogP contribution < -0.4 is 5.32 Å². The predicted octanol–water partition coefficient (Wildman–Crippen LogP) is 2.29. The third-order valence-electron chi connectivity index (χ3n) is 1.09. The largest absolute Gasteiger partial charge is 0.355 e. The average Bonchev–Trinajstić information content (AvgIpc) is 2.15. The monoisotopic (exact) mass is 191 g/mol. The second kappa shape index (κ2) is 13.4. The highest BCUT2D eigenvalue weighted by atomic mass is 32.2. The molecule has 3 heteroatoms. The van der Waals surface area contributed by atoms with Gasteiger partial charge in [0.05, 0.1) is 0 Å². The molecule has 0 spiro atoms. The number of hydrogen-bond donors (Lipinski definition) is 1. The van der Waals surface area contributed by atoms with Crippen molar-refractivity contribution in [3.63, 3.8) is 0 Å².